The number of hydrogen-bond donors (Lipinski definition) is 0. The van der Waals surface area contributed by atoms with Gasteiger partial charge in [-0.3, -0.25) is 4.79 Å². The predicted molar refractivity (Wildman–Crippen MR) is 94.8 cm³/mol. The summed E-state index contributed by atoms with van der Waals surface area (Å²) < 4.78 is 5.80. The summed E-state index contributed by atoms with van der Waals surface area (Å²) >= 11 is 0. The van der Waals surface area contributed by atoms with E-state index < -0.39 is 0 Å². The molecule has 0 saturated heterocycles. The molecule has 1 aliphatic rings. The van der Waals surface area contributed by atoms with Gasteiger partial charge >= 0.3 is 0 Å². The van der Waals surface area contributed by atoms with E-state index in [1.165, 1.54) is 0 Å². The van der Waals surface area contributed by atoms with Crippen LogP contribution in [0.5, 0.6) is 5.75 Å². The molecule has 3 heteroatoms. The van der Waals surface area contributed by atoms with Gasteiger partial charge in [-0.1, -0.05) is 72.5 Å². The maximum absolute atomic E-state index is 12.6. The third-order valence-corrected chi connectivity index (χ3v) is 4.24. The SMILES string of the molecule is O=C1C(c2cccc(OCc3ccccc3)c2)=C([O-])c2ccccc21. The van der Waals surface area contributed by atoms with Crippen LogP contribution in [0, 0.1) is 0 Å². The van der Waals surface area contributed by atoms with Crippen LogP contribution in [0.25, 0.3) is 11.3 Å². The number of carbonyl (C=O) groups excluding carboxylic acids is 1. The van der Waals surface area contributed by atoms with Gasteiger partial charge in [0.15, 0.2) is 5.78 Å². The van der Waals surface area contributed by atoms with Crippen molar-refractivity contribution in [3.05, 3.63) is 101 Å². The molecule has 3 aromatic rings. The van der Waals surface area contributed by atoms with Crippen LogP contribution in [-0.4, -0.2) is 5.78 Å². The lowest BCUT2D eigenvalue weighted by Crippen LogP contribution is -2.04. The second-order valence-electron chi connectivity index (χ2n) is 5.88. The molecule has 0 bridgehead atoms. The van der Waals surface area contributed by atoms with Crippen LogP contribution in [0.3, 0.4) is 0 Å². The van der Waals surface area contributed by atoms with Crippen molar-refractivity contribution in [3.63, 3.8) is 0 Å². The minimum Gasteiger partial charge on any atom is -0.872 e. The van der Waals surface area contributed by atoms with E-state index in [0.717, 1.165) is 5.56 Å². The zero-order chi connectivity index (χ0) is 17.2. The van der Waals surface area contributed by atoms with E-state index in [1.807, 2.05) is 36.4 Å². The van der Waals surface area contributed by atoms with Crippen molar-refractivity contribution in [2.75, 3.05) is 0 Å². The predicted octanol–water partition coefficient (Wildman–Crippen LogP) is 3.69. The molecule has 0 atom stereocenters. The van der Waals surface area contributed by atoms with E-state index in [4.69, 9.17) is 4.74 Å². The molecule has 0 saturated carbocycles. The third-order valence-electron chi connectivity index (χ3n) is 4.24. The van der Waals surface area contributed by atoms with Gasteiger partial charge in [-0.15, -0.1) is 0 Å². The summed E-state index contributed by atoms with van der Waals surface area (Å²) in [6.45, 7) is 0.432. The lowest BCUT2D eigenvalue weighted by Gasteiger charge is -2.13. The molecule has 0 N–H and O–H groups in total. The van der Waals surface area contributed by atoms with Gasteiger partial charge in [0.1, 0.15) is 12.4 Å². The zero-order valence-electron chi connectivity index (χ0n) is 13.4. The van der Waals surface area contributed by atoms with Crippen LogP contribution >= 0.6 is 0 Å². The number of hydrogen-bond acceptors (Lipinski definition) is 3. The molecule has 0 amide bonds. The Hall–Kier alpha value is -3.33. The Morgan fingerprint density at radius 3 is 2.28 bits per heavy atom. The maximum Gasteiger partial charge on any atom is 0.193 e. The summed E-state index contributed by atoms with van der Waals surface area (Å²) in [5.41, 5.74) is 2.81. The molecule has 0 heterocycles. The fraction of sp³-hybridized carbons (Fsp3) is 0.0455. The van der Waals surface area contributed by atoms with Crippen LogP contribution in [-0.2, 0) is 6.61 Å². The molecule has 4 rings (SSSR count). The van der Waals surface area contributed by atoms with Gasteiger partial charge < -0.3 is 9.84 Å². The van der Waals surface area contributed by atoms with Crippen LogP contribution in [0.1, 0.15) is 27.0 Å². The summed E-state index contributed by atoms with van der Waals surface area (Å²) in [4.78, 5) is 12.6. The van der Waals surface area contributed by atoms with E-state index in [0.29, 0.717) is 29.0 Å². The average molecular weight is 327 g/mol. The van der Waals surface area contributed by atoms with Gasteiger partial charge in [-0.05, 0) is 28.8 Å². The fourth-order valence-electron chi connectivity index (χ4n) is 3.00. The molecule has 0 aliphatic heterocycles. The van der Waals surface area contributed by atoms with E-state index in [1.54, 1.807) is 42.5 Å². The van der Waals surface area contributed by atoms with Crippen molar-refractivity contribution >= 4 is 17.1 Å². The summed E-state index contributed by atoms with van der Waals surface area (Å²) in [5, 5.41) is 12.6. The van der Waals surface area contributed by atoms with Crippen LogP contribution in [0.15, 0.2) is 78.9 Å². The van der Waals surface area contributed by atoms with E-state index in [9.17, 15) is 9.90 Å². The standard InChI is InChI=1S/C22H16O3/c23-21-18-11-4-5-12-19(18)22(24)20(21)16-9-6-10-17(13-16)25-14-15-7-2-1-3-8-15/h1-13,23H,14H2/p-1. The topological polar surface area (TPSA) is 49.4 Å². The highest BCUT2D eigenvalue weighted by molar-refractivity contribution is 6.38. The minimum atomic E-state index is -0.221. The Morgan fingerprint density at radius 1 is 0.800 bits per heavy atom. The number of fused-ring (bicyclic) bond motifs is 1. The lowest BCUT2D eigenvalue weighted by molar-refractivity contribution is -0.242. The Bertz CT molecular complexity index is 971. The van der Waals surface area contributed by atoms with Gasteiger partial charge in [0.05, 0.1) is 0 Å². The molecule has 3 aromatic carbocycles. The minimum absolute atomic E-state index is 0.214. The molecule has 0 radical (unpaired) electrons. The Morgan fingerprint density at radius 2 is 1.52 bits per heavy atom. The molecule has 0 spiro atoms. The van der Waals surface area contributed by atoms with E-state index in [-0.39, 0.29) is 17.1 Å². The Kier molecular flexibility index (Phi) is 3.82. The zero-order valence-corrected chi connectivity index (χ0v) is 13.4. The molecule has 25 heavy (non-hydrogen) atoms. The van der Waals surface area contributed by atoms with Gasteiger partial charge in [-0.2, -0.15) is 0 Å². The number of benzene rings is 3. The van der Waals surface area contributed by atoms with Crippen molar-refractivity contribution in [1.29, 1.82) is 0 Å². The van der Waals surface area contributed by atoms with Crippen LogP contribution in [0.2, 0.25) is 0 Å². The number of Topliss-reactive ketones (excluding diaryl/α,β-unsaturated/α-hetero) is 1. The maximum atomic E-state index is 12.6. The van der Waals surface area contributed by atoms with Gasteiger partial charge in [0.2, 0.25) is 0 Å². The quantitative estimate of drug-likeness (QED) is 0.734. The Balaban J connectivity index is 1.62. The molecular formula is C22H15O3-. The van der Waals surface area contributed by atoms with Crippen molar-refractivity contribution in [2.45, 2.75) is 6.61 Å². The molecule has 3 nitrogen and oxygen atoms in total. The van der Waals surface area contributed by atoms with Crippen molar-refractivity contribution in [3.8, 4) is 5.75 Å². The van der Waals surface area contributed by atoms with Gasteiger partial charge in [0, 0.05) is 11.1 Å². The summed E-state index contributed by atoms with van der Waals surface area (Å²) in [7, 11) is 0. The van der Waals surface area contributed by atoms with Crippen molar-refractivity contribution in [2.24, 2.45) is 0 Å². The fourth-order valence-corrected chi connectivity index (χ4v) is 3.00. The molecular weight excluding hydrogens is 312 g/mol. The smallest absolute Gasteiger partial charge is 0.193 e. The van der Waals surface area contributed by atoms with Gasteiger partial charge in [0.25, 0.3) is 0 Å². The Labute approximate surface area is 145 Å². The monoisotopic (exact) mass is 327 g/mol. The van der Waals surface area contributed by atoms with Crippen LogP contribution in [0.4, 0.5) is 0 Å². The highest BCUT2D eigenvalue weighted by Gasteiger charge is 2.25. The van der Waals surface area contributed by atoms with Gasteiger partial charge in [-0.25, -0.2) is 0 Å². The number of ketones is 1. The first-order valence-corrected chi connectivity index (χ1v) is 8.06. The van der Waals surface area contributed by atoms with E-state index in [2.05, 4.69) is 0 Å². The highest BCUT2D eigenvalue weighted by Crippen LogP contribution is 2.36. The second-order valence-corrected chi connectivity index (χ2v) is 5.88. The summed E-state index contributed by atoms with van der Waals surface area (Å²) in [6, 6.07) is 23.9. The number of rotatable bonds is 4. The highest BCUT2D eigenvalue weighted by atomic mass is 16.5. The van der Waals surface area contributed by atoms with Crippen molar-refractivity contribution < 1.29 is 14.6 Å². The molecule has 0 aromatic heterocycles. The summed E-state index contributed by atoms with van der Waals surface area (Å²) in [6.07, 6.45) is 0. The number of allylic oxidation sites excluding steroid dienone is 1. The summed E-state index contributed by atoms with van der Waals surface area (Å²) in [5.74, 6) is 0.187. The van der Waals surface area contributed by atoms with Crippen LogP contribution < -0.4 is 9.84 Å². The third kappa shape index (κ3) is 2.81. The molecule has 122 valence electrons. The van der Waals surface area contributed by atoms with E-state index >= 15 is 0 Å². The number of carbonyl (C=O) groups is 1. The normalized spacial score (nSPS) is 13.0. The first-order valence-electron chi connectivity index (χ1n) is 8.06. The molecule has 0 fully saturated rings. The van der Waals surface area contributed by atoms with Crippen molar-refractivity contribution in [1.82, 2.24) is 0 Å². The molecule has 1 aliphatic carbocycles. The lowest BCUT2D eigenvalue weighted by atomic mass is 10.0. The number of ether oxygens (including phenoxy) is 1. The first kappa shape index (κ1) is 15.2. The molecule has 0 unspecified atom stereocenters. The average Bonchev–Trinajstić information content (AvgIpc) is 2.92. The largest absolute Gasteiger partial charge is 0.872 e. The first-order chi connectivity index (χ1) is 12.2. The second kappa shape index (κ2) is 6.29.